The van der Waals surface area contributed by atoms with Crippen molar-refractivity contribution in [3.05, 3.63) is 125 Å². The SMILES string of the molecule is C[C@@H]1NC(=O)[C@H]([C@@H](C)O)NC(=O)c2cc(ccc2O)Oc2ccc(cc2)C[C@@H](C(=O)N2CCN(C(c3ccccc3)c3ccccc3)CC2)NC1=O. The molecular formula is C40H43N5O7. The highest BCUT2D eigenvalue weighted by Crippen LogP contribution is 2.30. The number of hydrogen-bond donors (Lipinski definition) is 5. The van der Waals surface area contributed by atoms with Gasteiger partial charge < -0.3 is 35.8 Å². The van der Waals surface area contributed by atoms with E-state index in [9.17, 15) is 29.4 Å². The summed E-state index contributed by atoms with van der Waals surface area (Å²) in [4.78, 5) is 58.3. The van der Waals surface area contributed by atoms with Gasteiger partial charge >= 0.3 is 0 Å². The van der Waals surface area contributed by atoms with Crippen LogP contribution in [-0.4, -0.2) is 94.1 Å². The predicted molar refractivity (Wildman–Crippen MR) is 194 cm³/mol. The topological polar surface area (TPSA) is 161 Å². The number of carbonyl (C=O) groups is 4. The van der Waals surface area contributed by atoms with E-state index in [1.165, 1.54) is 32.0 Å². The number of ether oxygens (including phenoxy) is 1. The van der Waals surface area contributed by atoms with Gasteiger partial charge in [-0.15, -0.1) is 0 Å². The van der Waals surface area contributed by atoms with Crippen molar-refractivity contribution >= 4 is 23.6 Å². The smallest absolute Gasteiger partial charge is 0.255 e. The van der Waals surface area contributed by atoms with Crippen molar-refractivity contribution in [2.75, 3.05) is 26.2 Å². The quantitative estimate of drug-likeness (QED) is 0.198. The molecule has 0 aliphatic carbocycles. The van der Waals surface area contributed by atoms with Gasteiger partial charge in [-0.25, -0.2) is 0 Å². The van der Waals surface area contributed by atoms with E-state index in [-0.39, 0.29) is 35.4 Å². The lowest BCUT2D eigenvalue weighted by Gasteiger charge is -2.41. The van der Waals surface area contributed by atoms with Crippen LogP contribution in [0.4, 0.5) is 0 Å². The molecule has 7 rings (SSSR count). The molecular weight excluding hydrogens is 662 g/mol. The summed E-state index contributed by atoms with van der Waals surface area (Å²) < 4.78 is 5.94. The maximum Gasteiger partial charge on any atom is 0.255 e. The Hall–Kier alpha value is -5.72. The van der Waals surface area contributed by atoms with E-state index >= 15 is 0 Å². The summed E-state index contributed by atoms with van der Waals surface area (Å²) in [5.41, 5.74) is 2.92. The maximum absolute atomic E-state index is 14.2. The number of nitrogens with zero attached hydrogens (tertiary/aromatic N) is 2. The molecule has 5 N–H and O–H groups in total. The Balaban J connectivity index is 1.24. The number of piperazine rings is 1. The zero-order valence-corrected chi connectivity index (χ0v) is 29.1. The second-order valence-electron chi connectivity index (χ2n) is 13.2. The molecule has 12 nitrogen and oxygen atoms in total. The molecule has 3 heterocycles. The fourth-order valence-electron chi connectivity index (χ4n) is 6.62. The molecule has 4 aromatic rings. The van der Waals surface area contributed by atoms with Crippen LogP contribution < -0.4 is 20.7 Å². The summed E-state index contributed by atoms with van der Waals surface area (Å²) in [5.74, 6) is -2.17. The average Bonchev–Trinajstić information content (AvgIpc) is 3.15. The Bertz CT molecular complexity index is 1840. The molecule has 4 atom stereocenters. The van der Waals surface area contributed by atoms with Crippen molar-refractivity contribution in [1.29, 1.82) is 0 Å². The molecule has 4 aromatic carbocycles. The van der Waals surface area contributed by atoms with Gasteiger partial charge in [0.25, 0.3) is 5.91 Å². The van der Waals surface area contributed by atoms with Crippen LogP contribution in [0.25, 0.3) is 0 Å². The number of aliphatic hydroxyl groups excluding tert-OH is 1. The van der Waals surface area contributed by atoms with Crippen LogP contribution >= 0.6 is 0 Å². The molecule has 1 saturated heterocycles. The lowest BCUT2D eigenvalue weighted by atomic mass is 9.96. The fraction of sp³-hybridized carbons (Fsp3) is 0.300. The van der Waals surface area contributed by atoms with Crippen LogP contribution in [0.3, 0.4) is 0 Å². The first-order chi connectivity index (χ1) is 25.1. The highest BCUT2D eigenvalue weighted by atomic mass is 16.5. The van der Waals surface area contributed by atoms with Gasteiger partial charge in [0.1, 0.15) is 35.4 Å². The van der Waals surface area contributed by atoms with Crippen LogP contribution in [0.1, 0.15) is 46.9 Å². The number of carbonyl (C=O) groups excluding carboxylic acids is 4. The summed E-state index contributed by atoms with van der Waals surface area (Å²) in [7, 11) is 0. The fourth-order valence-corrected chi connectivity index (χ4v) is 6.62. The van der Waals surface area contributed by atoms with Crippen molar-refractivity contribution in [1.82, 2.24) is 25.8 Å². The molecule has 0 unspecified atom stereocenters. The zero-order chi connectivity index (χ0) is 36.8. The van der Waals surface area contributed by atoms with Crippen LogP contribution in [0, 0.1) is 0 Å². The van der Waals surface area contributed by atoms with E-state index in [4.69, 9.17) is 4.74 Å². The van der Waals surface area contributed by atoms with E-state index in [0.29, 0.717) is 31.9 Å². The number of nitrogens with one attached hydrogen (secondary N) is 3. The van der Waals surface area contributed by atoms with Crippen LogP contribution in [0.2, 0.25) is 0 Å². The number of phenolic OH excluding ortho intramolecular Hbond substituents is 1. The molecule has 4 bridgehead atoms. The number of aromatic hydroxyl groups is 1. The minimum Gasteiger partial charge on any atom is -0.507 e. The number of aliphatic hydroxyl groups is 1. The second-order valence-corrected chi connectivity index (χ2v) is 13.2. The Kier molecular flexibility index (Phi) is 11.2. The van der Waals surface area contributed by atoms with Gasteiger partial charge in [0.05, 0.1) is 17.7 Å². The molecule has 0 aromatic heterocycles. The number of amides is 4. The predicted octanol–water partition coefficient (Wildman–Crippen LogP) is 3.14. The van der Waals surface area contributed by atoms with E-state index in [1.807, 2.05) is 36.4 Å². The van der Waals surface area contributed by atoms with Gasteiger partial charge in [0.15, 0.2) is 0 Å². The molecule has 0 spiro atoms. The monoisotopic (exact) mass is 705 g/mol. The highest BCUT2D eigenvalue weighted by molar-refractivity contribution is 6.01. The highest BCUT2D eigenvalue weighted by Gasteiger charge is 2.34. The lowest BCUT2D eigenvalue weighted by molar-refractivity contribution is -0.138. The van der Waals surface area contributed by atoms with E-state index < -0.39 is 42.0 Å². The van der Waals surface area contributed by atoms with Gasteiger partial charge in [-0.2, -0.15) is 0 Å². The van der Waals surface area contributed by atoms with Crippen molar-refractivity contribution in [3.63, 3.8) is 0 Å². The Morgan fingerprint density at radius 2 is 1.37 bits per heavy atom. The van der Waals surface area contributed by atoms with E-state index in [0.717, 1.165) is 16.7 Å². The number of benzene rings is 4. The first kappa shape index (κ1) is 36.1. The molecule has 0 radical (unpaired) electrons. The Morgan fingerprint density at radius 1 is 0.769 bits per heavy atom. The van der Waals surface area contributed by atoms with Crippen molar-refractivity contribution in [2.45, 2.75) is 50.5 Å². The minimum atomic E-state index is -1.46. The lowest BCUT2D eigenvalue weighted by Crippen LogP contribution is -2.59. The van der Waals surface area contributed by atoms with Crippen molar-refractivity contribution < 1.29 is 34.1 Å². The third-order valence-corrected chi connectivity index (χ3v) is 9.45. The third-order valence-electron chi connectivity index (χ3n) is 9.45. The number of fused-ring (bicyclic) bond motifs is 11. The summed E-state index contributed by atoms with van der Waals surface area (Å²) in [6.45, 7) is 4.91. The van der Waals surface area contributed by atoms with Crippen LogP contribution in [0.5, 0.6) is 17.2 Å². The first-order valence-corrected chi connectivity index (χ1v) is 17.4. The average molecular weight is 706 g/mol. The van der Waals surface area contributed by atoms with Gasteiger partial charge in [-0.05, 0) is 60.9 Å². The third kappa shape index (κ3) is 8.42. The van der Waals surface area contributed by atoms with Crippen molar-refractivity contribution in [2.24, 2.45) is 0 Å². The van der Waals surface area contributed by atoms with Gasteiger partial charge in [-0.1, -0.05) is 72.8 Å². The van der Waals surface area contributed by atoms with Crippen LogP contribution in [0.15, 0.2) is 103 Å². The van der Waals surface area contributed by atoms with Gasteiger partial charge in [0.2, 0.25) is 17.7 Å². The number of phenols is 1. The van der Waals surface area contributed by atoms with Crippen molar-refractivity contribution in [3.8, 4) is 17.2 Å². The summed E-state index contributed by atoms with van der Waals surface area (Å²) in [6, 6.07) is 28.2. The second kappa shape index (κ2) is 16.1. The van der Waals surface area contributed by atoms with E-state index in [1.54, 1.807) is 29.2 Å². The summed E-state index contributed by atoms with van der Waals surface area (Å²) in [5, 5.41) is 28.6. The molecule has 4 amide bonds. The summed E-state index contributed by atoms with van der Waals surface area (Å²) >= 11 is 0. The number of rotatable bonds is 5. The zero-order valence-electron chi connectivity index (χ0n) is 29.1. The first-order valence-electron chi connectivity index (χ1n) is 17.4. The standard InChI is InChI=1S/C40H43N5O7/c1-25-37(48)42-33(40(51)45-21-19-44(20-22-45)36(28-9-5-3-6-10-28)29-11-7-4-8-12-29)23-27-13-15-30(16-14-27)52-31-17-18-34(47)32(24-31)38(49)43-35(26(2)46)39(50)41-25/h3-18,24-26,33,35-36,46-47H,19-23H2,1-2H3,(H,41,50)(H,42,48)(H,43,49)/t25-,26+,33-,35-/m0/s1. The molecule has 1 fully saturated rings. The van der Waals surface area contributed by atoms with Gasteiger partial charge in [0, 0.05) is 32.6 Å². The molecule has 0 saturated carbocycles. The number of hydrogen-bond acceptors (Lipinski definition) is 8. The van der Waals surface area contributed by atoms with Gasteiger partial charge in [-0.3, -0.25) is 24.1 Å². The molecule has 3 aliphatic rings. The molecule has 270 valence electrons. The molecule has 52 heavy (non-hydrogen) atoms. The normalized spacial score (nSPS) is 20.9. The summed E-state index contributed by atoms with van der Waals surface area (Å²) in [6.07, 6.45) is -1.17. The minimum absolute atomic E-state index is 0.0177. The van der Waals surface area contributed by atoms with E-state index in [2.05, 4.69) is 45.1 Å². The van der Waals surface area contributed by atoms with Crippen LogP contribution in [-0.2, 0) is 20.8 Å². The largest absolute Gasteiger partial charge is 0.507 e. The Labute approximate surface area is 302 Å². The molecule has 3 aliphatic heterocycles. The Morgan fingerprint density at radius 3 is 1.96 bits per heavy atom. The molecule has 12 heteroatoms. The maximum atomic E-state index is 14.2.